The minimum absolute atomic E-state index is 0.204. The first kappa shape index (κ1) is 16.3. The molecule has 114 valence electrons. The summed E-state index contributed by atoms with van der Waals surface area (Å²) in [6.07, 6.45) is -1.31. The van der Waals surface area contributed by atoms with Crippen molar-refractivity contribution in [2.45, 2.75) is 13.8 Å². The molecule has 0 atom stereocenters. The van der Waals surface area contributed by atoms with E-state index >= 15 is 0 Å². The summed E-state index contributed by atoms with van der Waals surface area (Å²) in [5, 5.41) is 2.49. The summed E-state index contributed by atoms with van der Waals surface area (Å²) < 4.78 is 9.31. The Balaban J connectivity index is 2.51. The zero-order chi connectivity index (χ0) is 15.7. The average molecular weight is 295 g/mol. The fourth-order valence-corrected chi connectivity index (χ4v) is 1.34. The largest absolute Gasteiger partial charge is 0.450 e. The van der Waals surface area contributed by atoms with Crippen molar-refractivity contribution < 1.29 is 23.9 Å². The second-order valence-electron chi connectivity index (χ2n) is 3.72. The van der Waals surface area contributed by atoms with Crippen molar-refractivity contribution in [3.8, 4) is 0 Å². The highest BCUT2D eigenvalue weighted by atomic mass is 16.6. The van der Waals surface area contributed by atoms with Crippen LogP contribution in [0.5, 0.6) is 0 Å². The van der Waals surface area contributed by atoms with Crippen LogP contribution in [-0.4, -0.2) is 31.3 Å². The smallest absolute Gasteiger partial charge is 0.426 e. The van der Waals surface area contributed by atoms with Crippen molar-refractivity contribution in [2.75, 3.05) is 18.5 Å². The van der Waals surface area contributed by atoms with Crippen molar-refractivity contribution in [1.29, 1.82) is 0 Å². The molecule has 1 rings (SSSR count). The van der Waals surface area contributed by atoms with Crippen LogP contribution in [0.15, 0.2) is 24.3 Å². The molecular weight excluding hydrogens is 278 g/mol. The van der Waals surface area contributed by atoms with Gasteiger partial charge < -0.3 is 9.47 Å². The zero-order valence-corrected chi connectivity index (χ0v) is 11.8. The molecule has 1 aromatic rings. The van der Waals surface area contributed by atoms with Gasteiger partial charge in [-0.3, -0.25) is 15.5 Å². The molecule has 3 N–H and O–H groups in total. The Labute approximate surface area is 121 Å². The first-order chi connectivity index (χ1) is 10.1. The molecule has 8 nitrogen and oxygen atoms in total. The molecule has 0 fully saturated rings. The highest BCUT2D eigenvalue weighted by molar-refractivity contribution is 5.95. The fourth-order valence-electron chi connectivity index (χ4n) is 1.34. The predicted octanol–water partition coefficient (Wildman–Crippen LogP) is 1.65. The third kappa shape index (κ3) is 5.81. The number of hydrazine groups is 1. The van der Waals surface area contributed by atoms with Crippen LogP contribution in [0.25, 0.3) is 0 Å². The minimum atomic E-state index is -0.744. The number of carbonyl (C=O) groups excluding carboxylic acids is 3. The Hall–Kier alpha value is -2.77. The predicted molar refractivity (Wildman–Crippen MR) is 74.7 cm³/mol. The molecule has 0 aromatic heterocycles. The standard InChI is InChI=1S/C13H17N3O5/c1-3-20-12(18)14-10-7-5-9(6-8-10)11(17)15-16-13(19)21-4-2/h5-8H,3-4H2,1-2H3,(H,14,18)(H,15,17)(H,16,19). The van der Waals surface area contributed by atoms with Crippen LogP contribution < -0.4 is 16.2 Å². The first-order valence-electron chi connectivity index (χ1n) is 6.33. The third-order valence-corrected chi connectivity index (χ3v) is 2.22. The van der Waals surface area contributed by atoms with Crippen molar-refractivity contribution in [3.63, 3.8) is 0 Å². The van der Waals surface area contributed by atoms with Gasteiger partial charge in [-0.25, -0.2) is 15.0 Å². The topological polar surface area (TPSA) is 106 Å². The van der Waals surface area contributed by atoms with Gasteiger partial charge >= 0.3 is 12.2 Å². The van der Waals surface area contributed by atoms with Crippen molar-refractivity contribution in [1.82, 2.24) is 10.9 Å². The maximum atomic E-state index is 11.7. The Morgan fingerprint density at radius 2 is 1.48 bits per heavy atom. The third-order valence-electron chi connectivity index (χ3n) is 2.22. The van der Waals surface area contributed by atoms with E-state index in [1.807, 2.05) is 0 Å². The molecule has 0 saturated carbocycles. The molecule has 0 unspecified atom stereocenters. The molecule has 8 heteroatoms. The molecule has 0 radical (unpaired) electrons. The molecule has 0 bridgehead atoms. The Kier molecular flexibility index (Phi) is 6.52. The number of hydrogen-bond donors (Lipinski definition) is 3. The molecule has 1 aromatic carbocycles. The summed E-state index contributed by atoms with van der Waals surface area (Å²) in [6, 6.07) is 6.06. The van der Waals surface area contributed by atoms with Crippen molar-refractivity contribution >= 4 is 23.8 Å². The summed E-state index contributed by atoms with van der Waals surface area (Å²) >= 11 is 0. The van der Waals surface area contributed by atoms with E-state index in [0.717, 1.165) is 0 Å². The van der Waals surface area contributed by atoms with Crippen LogP contribution >= 0.6 is 0 Å². The van der Waals surface area contributed by atoms with E-state index in [2.05, 4.69) is 20.9 Å². The lowest BCUT2D eigenvalue weighted by atomic mass is 10.2. The van der Waals surface area contributed by atoms with Gasteiger partial charge in [0, 0.05) is 11.3 Å². The number of anilines is 1. The number of rotatable bonds is 4. The molecule has 0 spiro atoms. The molecule has 0 aliphatic heterocycles. The summed E-state index contributed by atoms with van der Waals surface area (Å²) in [7, 11) is 0. The van der Waals surface area contributed by atoms with Gasteiger partial charge in [-0.05, 0) is 38.1 Å². The quantitative estimate of drug-likeness (QED) is 0.732. The summed E-state index contributed by atoms with van der Waals surface area (Å²) in [5.74, 6) is -0.509. The van der Waals surface area contributed by atoms with E-state index in [-0.39, 0.29) is 13.2 Å². The Bertz CT molecular complexity index is 501. The van der Waals surface area contributed by atoms with E-state index in [9.17, 15) is 14.4 Å². The van der Waals surface area contributed by atoms with Gasteiger partial charge in [0.25, 0.3) is 5.91 Å². The number of hydrogen-bond acceptors (Lipinski definition) is 5. The van der Waals surface area contributed by atoms with E-state index < -0.39 is 18.1 Å². The van der Waals surface area contributed by atoms with Gasteiger partial charge in [0.15, 0.2) is 0 Å². The van der Waals surface area contributed by atoms with Crippen molar-refractivity contribution in [2.24, 2.45) is 0 Å². The number of ether oxygens (including phenoxy) is 2. The minimum Gasteiger partial charge on any atom is -0.450 e. The van der Waals surface area contributed by atoms with Gasteiger partial charge in [-0.15, -0.1) is 0 Å². The molecular formula is C13H17N3O5. The molecule has 0 saturated heterocycles. The normalized spacial score (nSPS) is 9.43. The van der Waals surface area contributed by atoms with Crippen molar-refractivity contribution in [3.05, 3.63) is 29.8 Å². The van der Waals surface area contributed by atoms with Gasteiger partial charge in [-0.2, -0.15) is 0 Å². The Morgan fingerprint density at radius 3 is 2.05 bits per heavy atom. The number of amides is 3. The second-order valence-corrected chi connectivity index (χ2v) is 3.72. The molecule has 3 amide bonds. The van der Waals surface area contributed by atoms with E-state index in [1.54, 1.807) is 13.8 Å². The van der Waals surface area contributed by atoms with E-state index in [1.165, 1.54) is 24.3 Å². The summed E-state index contributed by atoms with van der Waals surface area (Å²) in [4.78, 5) is 33.9. The lowest BCUT2D eigenvalue weighted by molar-refractivity contribution is 0.0912. The maximum absolute atomic E-state index is 11.7. The molecule has 0 aliphatic rings. The SMILES string of the molecule is CCOC(=O)NNC(=O)c1ccc(NC(=O)OCC)cc1. The van der Waals surface area contributed by atoms with Gasteiger partial charge in [-0.1, -0.05) is 0 Å². The van der Waals surface area contributed by atoms with Crippen LogP contribution in [0.2, 0.25) is 0 Å². The average Bonchev–Trinajstić information content (AvgIpc) is 2.46. The van der Waals surface area contributed by atoms with Gasteiger partial charge in [0.05, 0.1) is 13.2 Å². The number of carbonyl (C=O) groups is 3. The first-order valence-corrected chi connectivity index (χ1v) is 6.33. The molecule has 0 aliphatic carbocycles. The lowest BCUT2D eigenvalue weighted by Gasteiger charge is -2.08. The summed E-state index contributed by atoms with van der Waals surface area (Å²) in [6.45, 7) is 3.82. The fraction of sp³-hybridized carbons (Fsp3) is 0.308. The molecule has 21 heavy (non-hydrogen) atoms. The number of benzene rings is 1. The second kappa shape index (κ2) is 8.41. The summed E-state index contributed by atoms with van der Waals surface area (Å²) in [5.41, 5.74) is 5.08. The highest BCUT2D eigenvalue weighted by Gasteiger charge is 2.08. The van der Waals surface area contributed by atoms with Crippen LogP contribution in [-0.2, 0) is 9.47 Å². The van der Waals surface area contributed by atoms with Gasteiger partial charge in [0.1, 0.15) is 0 Å². The Morgan fingerprint density at radius 1 is 0.905 bits per heavy atom. The maximum Gasteiger partial charge on any atom is 0.426 e. The van der Waals surface area contributed by atoms with E-state index in [0.29, 0.717) is 11.3 Å². The monoisotopic (exact) mass is 295 g/mol. The highest BCUT2D eigenvalue weighted by Crippen LogP contribution is 2.09. The van der Waals surface area contributed by atoms with E-state index in [4.69, 9.17) is 4.74 Å². The number of nitrogens with one attached hydrogen (secondary N) is 3. The molecule has 0 heterocycles. The zero-order valence-electron chi connectivity index (χ0n) is 11.8. The lowest BCUT2D eigenvalue weighted by Crippen LogP contribution is -2.41. The van der Waals surface area contributed by atoms with Crippen LogP contribution in [0, 0.1) is 0 Å². The van der Waals surface area contributed by atoms with Crippen LogP contribution in [0.1, 0.15) is 24.2 Å². The van der Waals surface area contributed by atoms with Crippen LogP contribution in [0.3, 0.4) is 0 Å². The van der Waals surface area contributed by atoms with Gasteiger partial charge in [0.2, 0.25) is 0 Å². The van der Waals surface area contributed by atoms with Crippen LogP contribution in [0.4, 0.5) is 15.3 Å².